The Labute approximate surface area is 94.0 Å². The van der Waals surface area contributed by atoms with Crippen molar-refractivity contribution in [1.29, 1.82) is 0 Å². The van der Waals surface area contributed by atoms with E-state index in [1.165, 1.54) is 25.7 Å². The number of methoxy groups -OCH3 is 1. The smallest absolute Gasteiger partial charge is 0.0622 e. The molecule has 2 unspecified atom stereocenters. The van der Waals surface area contributed by atoms with Crippen molar-refractivity contribution < 1.29 is 9.84 Å². The minimum Gasteiger partial charge on any atom is -0.393 e. The fourth-order valence-electron chi connectivity index (χ4n) is 2.35. The highest BCUT2D eigenvalue weighted by molar-refractivity contribution is 4.75. The van der Waals surface area contributed by atoms with E-state index in [1.54, 1.807) is 7.11 Å². The molecular formula is C13H26O2. The molecule has 0 radical (unpaired) electrons. The van der Waals surface area contributed by atoms with Crippen LogP contribution in [0.1, 0.15) is 58.8 Å². The average molecular weight is 214 g/mol. The van der Waals surface area contributed by atoms with Crippen LogP contribution < -0.4 is 0 Å². The molecule has 2 atom stereocenters. The summed E-state index contributed by atoms with van der Waals surface area (Å²) in [5.41, 5.74) is -0.00272. The largest absolute Gasteiger partial charge is 0.393 e. The van der Waals surface area contributed by atoms with E-state index in [0.29, 0.717) is 5.92 Å². The molecule has 2 nitrogen and oxygen atoms in total. The summed E-state index contributed by atoms with van der Waals surface area (Å²) in [6.45, 7) is 4.28. The van der Waals surface area contributed by atoms with E-state index >= 15 is 0 Å². The van der Waals surface area contributed by atoms with Crippen LogP contribution in [0.25, 0.3) is 0 Å². The molecule has 0 aromatic carbocycles. The van der Waals surface area contributed by atoms with Crippen molar-refractivity contribution in [2.75, 3.05) is 7.11 Å². The second-order valence-electron chi connectivity index (χ2n) is 5.54. The number of aliphatic hydroxyl groups is 1. The van der Waals surface area contributed by atoms with Crippen LogP contribution in [-0.2, 0) is 4.74 Å². The van der Waals surface area contributed by atoms with Gasteiger partial charge in [-0.1, -0.05) is 19.3 Å². The topological polar surface area (TPSA) is 29.5 Å². The lowest BCUT2D eigenvalue weighted by molar-refractivity contribution is 0.00831. The molecule has 1 N–H and O–H groups in total. The molecule has 0 bridgehead atoms. The van der Waals surface area contributed by atoms with E-state index in [0.717, 1.165) is 19.3 Å². The number of rotatable bonds is 4. The molecule has 1 saturated carbocycles. The van der Waals surface area contributed by atoms with Gasteiger partial charge in [-0.05, 0) is 45.4 Å². The van der Waals surface area contributed by atoms with Crippen LogP contribution in [0, 0.1) is 5.92 Å². The predicted octanol–water partition coefficient (Wildman–Crippen LogP) is 3.13. The van der Waals surface area contributed by atoms with Crippen molar-refractivity contribution in [3.05, 3.63) is 0 Å². The summed E-state index contributed by atoms with van der Waals surface area (Å²) in [4.78, 5) is 0. The average Bonchev–Trinajstić information content (AvgIpc) is 2.40. The molecule has 0 aromatic rings. The van der Waals surface area contributed by atoms with Gasteiger partial charge >= 0.3 is 0 Å². The minimum absolute atomic E-state index is 0.00272. The van der Waals surface area contributed by atoms with E-state index in [2.05, 4.69) is 13.8 Å². The third kappa shape index (κ3) is 4.98. The molecule has 90 valence electrons. The molecule has 0 amide bonds. The lowest BCUT2D eigenvalue weighted by Gasteiger charge is -2.25. The summed E-state index contributed by atoms with van der Waals surface area (Å²) >= 11 is 0. The van der Waals surface area contributed by atoms with Crippen LogP contribution in [0.2, 0.25) is 0 Å². The summed E-state index contributed by atoms with van der Waals surface area (Å²) in [5.74, 6) is 0.705. The van der Waals surface area contributed by atoms with Gasteiger partial charge in [0.25, 0.3) is 0 Å². The molecule has 0 spiro atoms. The van der Waals surface area contributed by atoms with Crippen LogP contribution >= 0.6 is 0 Å². The Hall–Kier alpha value is -0.0800. The van der Waals surface area contributed by atoms with Crippen LogP contribution in [0.4, 0.5) is 0 Å². The van der Waals surface area contributed by atoms with Crippen molar-refractivity contribution in [3.63, 3.8) is 0 Å². The third-order valence-corrected chi connectivity index (χ3v) is 3.71. The molecule has 1 fully saturated rings. The van der Waals surface area contributed by atoms with Gasteiger partial charge in [0, 0.05) is 7.11 Å². The van der Waals surface area contributed by atoms with E-state index in [4.69, 9.17) is 4.74 Å². The monoisotopic (exact) mass is 214 g/mol. The fourth-order valence-corrected chi connectivity index (χ4v) is 2.35. The minimum atomic E-state index is -0.0526. The number of hydrogen-bond acceptors (Lipinski definition) is 2. The number of hydrogen-bond donors (Lipinski definition) is 1. The van der Waals surface area contributed by atoms with Gasteiger partial charge in [0.15, 0.2) is 0 Å². The number of aliphatic hydroxyl groups excluding tert-OH is 1. The summed E-state index contributed by atoms with van der Waals surface area (Å²) in [5, 5.41) is 9.71. The predicted molar refractivity (Wildman–Crippen MR) is 62.9 cm³/mol. The maximum absolute atomic E-state index is 9.71. The Kier molecular flexibility index (Phi) is 5.07. The van der Waals surface area contributed by atoms with Crippen molar-refractivity contribution in [2.45, 2.75) is 70.5 Å². The van der Waals surface area contributed by atoms with Gasteiger partial charge in [0.05, 0.1) is 11.7 Å². The summed E-state index contributed by atoms with van der Waals surface area (Å²) < 4.78 is 5.42. The lowest BCUT2D eigenvalue weighted by atomic mass is 9.89. The Morgan fingerprint density at radius 3 is 2.60 bits per heavy atom. The first-order chi connectivity index (χ1) is 7.03. The molecule has 0 saturated heterocycles. The second-order valence-corrected chi connectivity index (χ2v) is 5.54. The van der Waals surface area contributed by atoms with E-state index in [-0.39, 0.29) is 11.7 Å². The standard InChI is InChI=1S/C13H26O2/c1-13(2,15-3)9-8-11-6-4-5-7-12(14)10-11/h11-12,14H,4-10H2,1-3H3. The second kappa shape index (κ2) is 5.86. The molecular weight excluding hydrogens is 188 g/mol. The van der Waals surface area contributed by atoms with Crippen molar-refractivity contribution in [2.24, 2.45) is 5.92 Å². The van der Waals surface area contributed by atoms with Gasteiger partial charge in [-0.25, -0.2) is 0 Å². The molecule has 2 heteroatoms. The SMILES string of the molecule is COC(C)(C)CCC1CCCCC(O)C1. The molecule has 0 heterocycles. The fraction of sp³-hybridized carbons (Fsp3) is 1.00. The van der Waals surface area contributed by atoms with E-state index in [1.807, 2.05) is 0 Å². The summed E-state index contributed by atoms with van der Waals surface area (Å²) in [6, 6.07) is 0. The summed E-state index contributed by atoms with van der Waals surface area (Å²) in [7, 11) is 1.78. The summed E-state index contributed by atoms with van der Waals surface area (Å²) in [6.07, 6.45) is 8.02. The molecule has 0 aliphatic heterocycles. The number of ether oxygens (including phenoxy) is 1. The quantitative estimate of drug-likeness (QED) is 0.729. The zero-order valence-electron chi connectivity index (χ0n) is 10.5. The van der Waals surface area contributed by atoms with Gasteiger partial charge in [-0.3, -0.25) is 0 Å². The van der Waals surface area contributed by atoms with E-state index in [9.17, 15) is 5.11 Å². The van der Waals surface area contributed by atoms with Crippen molar-refractivity contribution in [3.8, 4) is 0 Å². The highest BCUT2D eigenvalue weighted by atomic mass is 16.5. The maximum Gasteiger partial charge on any atom is 0.0622 e. The lowest BCUT2D eigenvalue weighted by Crippen LogP contribution is -2.24. The van der Waals surface area contributed by atoms with Gasteiger partial charge in [0.1, 0.15) is 0 Å². The zero-order chi connectivity index (χ0) is 11.3. The van der Waals surface area contributed by atoms with Crippen molar-refractivity contribution >= 4 is 0 Å². The van der Waals surface area contributed by atoms with E-state index < -0.39 is 0 Å². The first-order valence-corrected chi connectivity index (χ1v) is 6.27. The molecule has 1 aliphatic rings. The van der Waals surface area contributed by atoms with Crippen LogP contribution in [0.3, 0.4) is 0 Å². The maximum atomic E-state index is 9.71. The van der Waals surface area contributed by atoms with Gasteiger partial charge in [0.2, 0.25) is 0 Å². The Morgan fingerprint density at radius 1 is 1.27 bits per heavy atom. The highest BCUT2D eigenvalue weighted by Gasteiger charge is 2.22. The van der Waals surface area contributed by atoms with Crippen LogP contribution in [-0.4, -0.2) is 23.9 Å². The Balaban J connectivity index is 2.30. The molecule has 1 rings (SSSR count). The van der Waals surface area contributed by atoms with Crippen LogP contribution in [0.5, 0.6) is 0 Å². The third-order valence-electron chi connectivity index (χ3n) is 3.71. The molecule has 0 aromatic heterocycles. The molecule has 15 heavy (non-hydrogen) atoms. The Morgan fingerprint density at radius 2 is 1.93 bits per heavy atom. The first kappa shape index (κ1) is 13.0. The van der Waals surface area contributed by atoms with Gasteiger partial charge in [-0.2, -0.15) is 0 Å². The highest BCUT2D eigenvalue weighted by Crippen LogP contribution is 2.29. The Bertz CT molecular complexity index is 177. The van der Waals surface area contributed by atoms with Crippen LogP contribution in [0.15, 0.2) is 0 Å². The van der Waals surface area contributed by atoms with Gasteiger partial charge < -0.3 is 9.84 Å². The van der Waals surface area contributed by atoms with Crippen molar-refractivity contribution in [1.82, 2.24) is 0 Å². The van der Waals surface area contributed by atoms with Gasteiger partial charge in [-0.15, -0.1) is 0 Å². The first-order valence-electron chi connectivity index (χ1n) is 6.27. The normalized spacial score (nSPS) is 28.8. The zero-order valence-corrected chi connectivity index (χ0v) is 10.5. The molecule has 1 aliphatic carbocycles.